The summed E-state index contributed by atoms with van der Waals surface area (Å²) in [6.07, 6.45) is 4.69. The van der Waals surface area contributed by atoms with Gasteiger partial charge in [0, 0.05) is 44.5 Å². The fourth-order valence-electron chi connectivity index (χ4n) is 2.42. The molecular weight excluding hydrogens is 432 g/mol. The van der Waals surface area contributed by atoms with E-state index >= 15 is 0 Å². The Morgan fingerprint density at radius 3 is 2.72 bits per heavy atom. The summed E-state index contributed by atoms with van der Waals surface area (Å²) >= 11 is 0. The van der Waals surface area contributed by atoms with Crippen molar-refractivity contribution >= 4 is 29.9 Å². The fraction of sp³-hybridized carbons (Fsp3) is 0.444. The summed E-state index contributed by atoms with van der Waals surface area (Å²) < 4.78 is 15.3. The molecule has 0 aliphatic carbocycles. The van der Waals surface area contributed by atoms with E-state index < -0.39 is 0 Å². The van der Waals surface area contributed by atoms with Crippen LogP contribution in [-0.4, -0.2) is 35.9 Å². The van der Waals surface area contributed by atoms with E-state index in [0.29, 0.717) is 6.54 Å². The first-order chi connectivity index (χ1) is 11.5. The number of nitrogens with zero attached hydrogens (tertiary/aromatic N) is 3. The summed E-state index contributed by atoms with van der Waals surface area (Å²) in [4.78, 5) is 4.23. The van der Waals surface area contributed by atoms with Crippen molar-refractivity contribution in [2.75, 3.05) is 20.1 Å². The van der Waals surface area contributed by atoms with Crippen LogP contribution >= 0.6 is 24.0 Å². The Labute approximate surface area is 166 Å². The van der Waals surface area contributed by atoms with Gasteiger partial charge >= 0.3 is 0 Å². The highest BCUT2D eigenvalue weighted by molar-refractivity contribution is 14.0. The van der Waals surface area contributed by atoms with E-state index in [9.17, 15) is 4.39 Å². The lowest BCUT2D eigenvalue weighted by Gasteiger charge is -2.26. The molecule has 0 aliphatic rings. The molecule has 0 amide bonds. The third-order valence-corrected chi connectivity index (χ3v) is 3.94. The number of guanidine groups is 1. The van der Waals surface area contributed by atoms with Crippen LogP contribution in [-0.2, 0) is 12.0 Å². The van der Waals surface area contributed by atoms with Gasteiger partial charge in [-0.15, -0.1) is 24.0 Å². The molecule has 5 nitrogen and oxygen atoms in total. The molecule has 0 unspecified atom stereocenters. The van der Waals surface area contributed by atoms with Crippen molar-refractivity contribution in [3.8, 4) is 0 Å². The summed E-state index contributed by atoms with van der Waals surface area (Å²) in [7, 11) is 1.75. The zero-order valence-electron chi connectivity index (χ0n) is 15.0. The first-order valence-electron chi connectivity index (χ1n) is 8.19. The number of aliphatic imine (C=N–C) groups is 1. The molecule has 1 aromatic heterocycles. The molecule has 25 heavy (non-hydrogen) atoms. The van der Waals surface area contributed by atoms with Gasteiger partial charge in [0.05, 0.1) is 0 Å². The third kappa shape index (κ3) is 7.01. The quantitative estimate of drug-likeness (QED) is 0.290. The summed E-state index contributed by atoms with van der Waals surface area (Å²) in [6, 6.07) is 8.66. The van der Waals surface area contributed by atoms with E-state index in [2.05, 4.69) is 34.6 Å². The van der Waals surface area contributed by atoms with Crippen molar-refractivity contribution < 1.29 is 4.39 Å². The molecule has 2 N–H and O–H groups in total. The van der Waals surface area contributed by atoms with E-state index in [-0.39, 0.29) is 35.2 Å². The Morgan fingerprint density at radius 1 is 1.28 bits per heavy atom. The highest BCUT2D eigenvalue weighted by atomic mass is 127. The first-order valence-corrected chi connectivity index (χ1v) is 8.19. The zero-order chi connectivity index (χ0) is 17.4. The highest BCUT2D eigenvalue weighted by Crippen LogP contribution is 2.22. The van der Waals surface area contributed by atoms with Crippen molar-refractivity contribution in [1.82, 2.24) is 20.4 Å². The molecule has 0 saturated heterocycles. The van der Waals surface area contributed by atoms with Gasteiger partial charge in [-0.25, -0.2) is 4.39 Å². The summed E-state index contributed by atoms with van der Waals surface area (Å²) in [5, 5.41) is 10.8. The van der Waals surface area contributed by atoms with E-state index in [1.807, 2.05) is 23.0 Å². The van der Waals surface area contributed by atoms with Crippen LogP contribution in [0.15, 0.2) is 47.7 Å². The second-order valence-corrected chi connectivity index (χ2v) is 6.37. The summed E-state index contributed by atoms with van der Waals surface area (Å²) in [6.45, 7) is 6.50. The Bertz CT molecular complexity index is 655. The van der Waals surface area contributed by atoms with Crippen LogP contribution in [0.2, 0.25) is 0 Å². The lowest BCUT2D eigenvalue weighted by Crippen LogP contribution is -2.43. The van der Waals surface area contributed by atoms with Gasteiger partial charge in [0.2, 0.25) is 0 Å². The van der Waals surface area contributed by atoms with Gasteiger partial charge in [0.1, 0.15) is 5.82 Å². The predicted octanol–water partition coefficient (Wildman–Crippen LogP) is 3.17. The molecule has 1 heterocycles. The van der Waals surface area contributed by atoms with Crippen LogP contribution in [0.25, 0.3) is 0 Å². The average molecular weight is 459 g/mol. The lowest BCUT2D eigenvalue weighted by atomic mass is 9.84. The molecule has 7 heteroatoms. The molecule has 2 rings (SSSR count). The maximum Gasteiger partial charge on any atom is 0.191 e. The first kappa shape index (κ1) is 21.4. The summed E-state index contributed by atoms with van der Waals surface area (Å²) in [5.74, 6) is 0.543. The predicted molar refractivity (Wildman–Crippen MR) is 111 cm³/mol. The normalized spacial score (nSPS) is 11.8. The van der Waals surface area contributed by atoms with Crippen molar-refractivity contribution in [1.29, 1.82) is 0 Å². The summed E-state index contributed by atoms with van der Waals surface area (Å²) in [5.41, 5.74) is 0.763. The molecule has 0 saturated carbocycles. The largest absolute Gasteiger partial charge is 0.356 e. The van der Waals surface area contributed by atoms with Crippen LogP contribution in [0, 0.1) is 5.82 Å². The number of rotatable bonds is 7. The van der Waals surface area contributed by atoms with Crippen molar-refractivity contribution in [3.05, 3.63) is 54.1 Å². The van der Waals surface area contributed by atoms with Gasteiger partial charge in [-0.2, -0.15) is 5.10 Å². The van der Waals surface area contributed by atoms with Gasteiger partial charge in [-0.1, -0.05) is 26.0 Å². The standard InChI is InChI=1S/C18H26FN5.HI/c1-18(2,15-7-4-8-16(19)13-15)14-22-17(20-3)21-9-5-11-24-12-6-10-23-24;/h4,6-8,10,12-13H,5,9,11,14H2,1-3H3,(H2,20,21,22);1H. The molecule has 0 fully saturated rings. The van der Waals surface area contributed by atoms with Crippen LogP contribution < -0.4 is 10.6 Å². The molecule has 2 aromatic rings. The maximum atomic E-state index is 13.4. The number of hydrogen-bond acceptors (Lipinski definition) is 2. The van der Waals surface area contributed by atoms with E-state index in [1.165, 1.54) is 6.07 Å². The Hall–Kier alpha value is -1.64. The van der Waals surface area contributed by atoms with Gasteiger partial charge in [-0.05, 0) is 30.2 Å². The third-order valence-electron chi connectivity index (χ3n) is 3.94. The zero-order valence-corrected chi connectivity index (χ0v) is 17.3. The van der Waals surface area contributed by atoms with E-state index in [1.54, 1.807) is 25.4 Å². The van der Waals surface area contributed by atoms with Crippen molar-refractivity contribution in [2.24, 2.45) is 4.99 Å². The van der Waals surface area contributed by atoms with E-state index in [0.717, 1.165) is 31.0 Å². The molecular formula is C18H27FIN5. The monoisotopic (exact) mass is 459 g/mol. The number of nitrogens with one attached hydrogen (secondary N) is 2. The van der Waals surface area contributed by atoms with Crippen LogP contribution in [0.4, 0.5) is 4.39 Å². The van der Waals surface area contributed by atoms with Gasteiger partial charge in [0.25, 0.3) is 0 Å². The fourth-order valence-corrected chi connectivity index (χ4v) is 2.42. The lowest BCUT2D eigenvalue weighted by molar-refractivity contribution is 0.501. The molecule has 0 atom stereocenters. The minimum absolute atomic E-state index is 0. The van der Waals surface area contributed by atoms with Crippen LogP contribution in [0.5, 0.6) is 0 Å². The molecule has 1 aromatic carbocycles. The second-order valence-electron chi connectivity index (χ2n) is 6.37. The average Bonchev–Trinajstić information content (AvgIpc) is 3.07. The molecule has 0 bridgehead atoms. The highest BCUT2D eigenvalue weighted by Gasteiger charge is 2.21. The number of aryl methyl sites for hydroxylation is 1. The SMILES string of the molecule is CN=C(NCCCn1cccn1)NCC(C)(C)c1cccc(F)c1.I. The van der Waals surface area contributed by atoms with Gasteiger partial charge in [-0.3, -0.25) is 9.67 Å². The Morgan fingerprint density at radius 2 is 2.08 bits per heavy atom. The number of benzene rings is 1. The smallest absolute Gasteiger partial charge is 0.191 e. The van der Waals surface area contributed by atoms with Crippen molar-refractivity contribution in [3.63, 3.8) is 0 Å². The van der Waals surface area contributed by atoms with Gasteiger partial charge < -0.3 is 10.6 Å². The maximum absolute atomic E-state index is 13.4. The minimum atomic E-state index is -0.207. The Balaban J connectivity index is 0.00000312. The van der Waals surface area contributed by atoms with Gasteiger partial charge in [0.15, 0.2) is 5.96 Å². The molecule has 0 aliphatic heterocycles. The van der Waals surface area contributed by atoms with Crippen LogP contribution in [0.1, 0.15) is 25.8 Å². The van der Waals surface area contributed by atoms with Crippen LogP contribution in [0.3, 0.4) is 0 Å². The number of hydrogen-bond donors (Lipinski definition) is 2. The van der Waals surface area contributed by atoms with E-state index in [4.69, 9.17) is 0 Å². The second kappa shape index (κ2) is 10.4. The topological polar surface area (TPSA) is 54.2 Å². The number of halogens is 2. The molecule has 0 spiro atoms. The number of aromatic nitrogens is 2. The molecule has 138 valence electrons. The minimum Gasteiger partial charge on any atom is -0.356 e. The molecule has 0 radical (unpaired) electrons. The Kier molecular flexibility index (Phi) is 8.88. The van der Waals surface area contributed by atoms with Crippen molar-refractivity contribution in [2.45, 2.75) is 32.2 Å².